The summed E-state index contributed by atoms with van der Waals surface area (Å²) >= 11 is 0. The maximum Gasteiger partial charge on any atom is 0.0805 e. The molecule has 3 rings (SSSR count). The highest BCUT2D eigenvalue weighted by molar-refractivity contribution is 5.11. The SMILES string of the molecule is C[C@H](C[C@@H]1C=C[C@](C)(O)C1)[C@H]1CCC2C(O)CCC[C@@]21C. The zero-order valence-corrected chi connectivity index (χ0v) is 13.9. The number of hydrogen-bond donors (Lipinski definition) is 2. The highest BCUT2D eigenvalue weighted by atomic mass is 16.3. The van der Waals surface area contributed by atoms with E-state index in [0.717, 1.165) is 18.8 Å². The largest absolute Gasteiger partial charge is 0.393 e. The molecule has 0 radical (unpaired) electrons. The molecule has 120 valence electrons. The van der Waals surface area contributed by atoms with Gasteiger partial charge in [-0.25, -0.2) is 0 Å². The van der Waals surface area contributed by atoms with Gasteiger partial charge in [-0.3, -0.25) is 0 Å². The zero-order chi connectivity index (χ0) is 15.3. The van der Waals surface area contributed by atoms with Crippen LogP contribution < -0.4 is 0 Å². The topological polar surface area (TPSA) is 40.5 Å². The van der Waals surface area contributed by atoms with Crippen molar-refractivity contribution < 1.29 is 10.2 Å². The van der Waals surface area contributed by atoms with E-state index in [4.69, 9.17) is 0 Å². The number of rotatable bonds is 3. The summed E-state index contributed by atoms with van der Waals surface area (Å²) in [7, 11) is 0. The van der Waals surface area contributed by atoms with Gasteiger partial charge < -0.3 is 10.2 Å². The third-order valence-corrected chi connectivity index (χ3v) is 6.93. The second-order valence-electron chi connectivity index (χ2n) is 8.65. The van der Waals surface area contributed by atoms with E-state index in [9.17, 15) is 10.2 Å². The second-order valence-corrected chi connectivity index (χ2v) is 8.65. The molecule has 0 heterocycles. The molecule has 2 nitrogen and oxygen atoms in total. The number of aliphatic hydroxyl groups is 2. The monoisotopic (exact) mass is 292 g/mol. The van der Waals surface area contributed by atoms with E-state index < -0.39 is 5.60 Å². The Hall–Kier alpha value is -0.340. The molecule has 3 aliphatic rings. The normalized spacial score (nSPS) is 51.1. The summed E-state index contributed by atoms with van der Waals surface area (Å²) in [6.07, 6.45) is 12.2. The van der Waals surface area contributed by atoms with Crippen LogP contribution in [0.2, 0.25) is 0 Å². The maximum absolute atomic E-state index is 10.4. The number of fused-ring (bicyclic) bond motifs is 1. The molecule has 21 heavy (non-hydrogen) atoms. The molecule has 2 saturated carbocycles. The Balaban J connectivity index is 1.65. The first-order valence-corrected chi connectivity index (χ1v) is 8.92. The van der Waals surface area contributed by atoms with Gasteiger partial charge in [0.1, 0.15) is 0 Å². The summed E-state index contributed by atoms with van der Waals surface area (Å²) in [4.78, 5) is 0. The minimum Gasteiger partial charge on any atom is -0.393 e. The highest BCUT2D eigenvalue weighted by Crippen LogP contribution is 2.58. The van der Waals surface area contributed by atoms with Gasteiger partial charge in [0.05, 0.1) is 11.7 Å². The van der Waals surface area contributed by atoms with Crippen molar-refractivity contribution in [1.82, 2.24) is 0 Å². The van der Waals surface area contributed by atoms with Crippen molar-refractivity contribution in [2.75, 3.05) is 0 Å². The average molecular weight is 292 g/mol. The minimum absolute atomic E-state index is 0.0620. The lowest BCUT2D eigenvalue weighted by atomic mass is 9.61. The fourth-order valence-electron chi connectivity index (χ4n) is 5.94. The number of hydrogen-bond acceptors (Lipinski definition) is 2. The standard InChI is InChI=1S/C19H32O2/c1-13(11-14-8-10-18(2,21)12-14)15-6-7-16-17(20)5-4-9-19(15,16)3/h8,10,13-17,20-21H,4-7,9,11-12H2,1-3H3/t13-,14+,15-,16?,17?,18+,19-/m1/s1. The van der Waals surface area contributed by atoms with Crippen LogP contribution >= 0.6 is 0 Å². The van der Waals surface area contributed by atoms with Crippen molar-refractivity contribution in [2.24, 2.45) is 29.1 Å². The lowest BCUT2D eigenvalue weighted by Gasteiger charge is -2.45. The molecule has 2 N–H and O–H groups in total. The first kappa shape index (κ1) is 15.6. The number of allylic oxidation sites excluding steroid dienone is 1. The van der Waals surface area contributed by atoms with Gasteiger partial charge in [-0.05, 0) is 74.5 Å². The summed E-state index contributed by atoms with van der Waals surface area (Å²) in [6, 6.07) is 0. The molecule has 0 spiro atoms. The van der Waals surface area contributed by atoms with Crippen molar-refractivity contribution in [3.05, 3.63) is 12.2 Å². The lowest BCUT2D eigenvalue weighted by molar-refractivity contribution is -0.0289. The molecule has 0 aromatic carbocycles. The van der Waals surface area contributed by atoms with Crippen molar-refractivity contribution in [3.63, 3.8) is 0 Å². The van der Waals surface area contributed by atoms with Gasteiger partial charge in [0.15, 0.2) is 0 Å². The third-order valence-electron chi connectivity index (χ3n) is 6.93. The Morgan fingerprint density at radius 3 is 2.67 bits per heavy atom. The molecule has 0 aromatic rings. The fraction of sp³-hybridized carbons (Fsp3) is 0.895. The van der Waals surface area contributed by atoms with Crippen molar-refractivity contribution in [3.8, 4) is 0 Å². The van der Waals surface area contributed by atoms with Gasteiger partial charge in [-0.1, -0.05) is 32.4 Å². The quantitative estimate of drug-likeness (QED) is 0.774. The smallest absolute Gasteiger partial charge is 0.0805 e. The molecule has 0 aromatic heterocycles. The summed E-state index contributed by atoms with van der Waals surface area (Å²) in [5.41, 5.74) is -0.241. The zero-order valence-electron chi connectivity index (χ0n) is 13.9. The van der Waals surface area contributed by atoms with Crippen LogP contribution in [-0.4, -0.2) is 21.9 Å². The van der Waals surface area contributed by atoms with Crippen LogP contribution in [0.1, 0.15) is 65.7 Å². The predicted octanol–water partition coefficient (Wildman–Crippen LogP) is 3.92. The third kappa shape index (κ3) is 2.82. The van der Waals surface area contributed by atoms with E-state index >= 15 is 0 Å². The molecule has 2 heteroatoms. The first-order chi connectivity index (χ1) is 9.82. The number of aliphatic hydroxyl groups excluding tert-OH is 1. The fourth-order valence-corrected chi connectivity index (χ4v) is 5.94. The van der Waals surface area contributed by atoms with E-state index in [1.807, 2.05) is 13.0 Å². The Bertz CT molecular complexity index is 414. The van der Waals surface area contributed by atoms with Crippen LogP contribution in [0.4, 0.5) is 0 Å². The van der Waals surface area contributed by atoms with Gasteiger partial charge >= 0.3 is 0 Å². The summed E-state index contributed by atoms with van der Waals surface area (Å²) in [6.45, 7) is 6.76. The summed E-state index contributed by atoms with van der Waals surface area (Å²) < 4.78 is 0. The summed E-state index contributed by atoms with van der Waals surface area (Å²) in [5, 5.41) is 20.4. The lowest BCUT2D eigenvalue weighted by Crippen LogP contribution is -2.41. The average Bonchev–Trinajstić information content (AvgIpc) is 2.90. The van der Waals surface area contributed by atoms with Gasteiger partial charge in [0.25, 0.3) is 0 Å². The first-order valence-electron chi connectivity index (χ1n) is 8.92. The second kappa shape index (κ2) is 5.38. The molecule has 0 amide bonds. The molecule has 0 aliphatic heterocycles. The van der Waals surface area contributed by atoms with Crippen LogP contribution in [0.5, 0.6) is 0 Å². The van der Waals surface area contributed by atoms with E-state index in [0.29, 0.717) is 23.2 Å². The Morgan fingerprint density at radius 1 is 1.24 bits per heavy atom. The Labute approximate surface area is 129 Å². The van der Waals surface area contributed by atoms with Crippen LogP contribution in [0.25, 0.3) is 0 Å². The van der Waals surface area contributed by atoms with Crippen LogP contribution in [0.3, 0.4) is 0 Å². The van der Waals surface area contributed by atoms with Gasteiger partial charge in [0, 0.05) is 0 Å². The minimum atomic E-state index is -0.590. The highest BCUT2D eigenvalue weighted by Gasteiger charge is 2.52. The van der Waals surface area contributed by atoms with Gasteiger partial charge in [0.2, 0.25) is 0 Å². The van der Waals surface area contributed by atoms with Gasteiger partial charge in [-0.15, -0.1) is 0 Å². The molecule has 2 unspecified atom stereocenters. The molecule has 0 bridgehead atoms. The molecule has 2 fully saturated rings. The summed E-state index contributed by atoms with van der Waals surface area (Å²) in [5.74, 6) is 2.50. The van der Waals surface area contributed by atoms with Crippen LogP contribution in [0, 0.1) is 29.1 Å². The van der Waals surface area contributed by atoms with Crippen molar-refractivity contribution in [2.45, 2.75) is 77.4 Å². The van der Waals surface area contributed by atoms with E-state index in [1.54, 1.807) is 0 Å². The molecular formula is C19H32O2. The molecular weight excluding hydrogens is 260 g/mol. The predicted molar refractivity (Wildman–Crippen MR) is 85.8 cm³/mol. The van der Waals surface area contributed by atoms with Crippen LogP contribution in [-0.2, 0) is 0 Å². The molecule has 3 aliphatic carbocycles. The molecule has 0 saturated heterocycles. The Morgan fingerprint density at radius 2 is 2.00 bits per heavy atom. The molecule has 7 atom stereocenters. The van der Waals surface area contributed by atoms with Crippen molar-refractivity contribution in [1.29, 1.82) is 0 Å². The van der Waals surface area contributed by atoms with Crippen molar-refractivity contribution >= 4 is 0 Å². The van der Waals surface area contributed by atoms with E-state index in [1.165, 1.54) is 32.1 Å². The van der Waals surface area contributed by atoms with E-state index in [2.05, 4.69) is 19.9 Å². The van der Waals surface area contributed by atoms with Crippen LogP contribution in [0.15, 0.2) is 12.2 Å². The van der Waals surface area contributed by atoms with E-state index in [-0.39, 0.29) is 6.10 Å². The Kier molecular flexibility index (Phi) is 3.99. The maximum atomic E-state index is 10.4. The van der Waals surface area contributed by atoms with Gasteiger partial charge in [-0.2, -0.15) is 0 Å².